The third-order valence-corrected chi connectivity index (χ3v) is 5.85. The largest absolute Gasteiger partial charge is 0.334 e. The van der Waals surface area contributed by atoms with Crippen molar-refractivity contribution in [3.05, 3.63) is 24.3 Å². The molecule has 1 atom stereocenters. The normalized spacial score (nSPS) is 23.0. The van der Waals surface area contributed by atoms with Crippen LogP contribution in [-0.2, 0) is 14.6 Å². The van der Waals surface area contributed by atoms with E-state index in [1.807, 2.05) is 0 Å². The highest BCUT2D eigenvalue weighted by Gasteiger charge is 2.29. The van der Waals surface area contributed by atoms with Crippen LogP contribution in [0, 0.1) is 0 Å². The van der Waals surface area contributed by atoms with Crippen LogP contribution in [0.4, 0.5) is 16.2 Å². The van der Waals surface area contributed by atoms with Crippen molar-refractivity contribution in [1.82, 2.24) is 5.32 Å². The lowest BCUT2D eigenvalue weighted by molar-refractivity contribution is -0.117. The second-order valence-electron chi connectivity index (χ2n) is 5.89. The molecular formula is C15H19N3O4S. The van der Waals surface area contributed by atoms with Crippen LogP contribution in [0.15, 0.2) is 24.3 Å². The summed E-state index contributed by atoms with van der Waals surface area (Å²) in [6, 6.07) is 6.29. The molecule has 3 amide bonds. The molecule has 8 heteroatoms. The minimum Gasteiger partial charge on any atom is -0.334 e. The summed E-state index contributed by atoms with van der Waals surface area (Å²) in [4.78, 5) is 25.3. The van der Waals surface area contributed by atoms with E-state index >= 15 is 0 Å². The summed E-state index contributed by atoms with van der Waals surface area (Å²) >= 11 is 0. The molecule has 23 heavy (non-hydrogen) atoms. The minimum atomic E-state index is -3.01. The topological polar surface area (TPSA) is 95.6 Å². The average molecular weight is 337 g/mol. The van der Waals surface area contributed by atoms with E-state index in [0.29, 0.717) is 18.5 Å². The van der Waals surface area contributed by atoms with Gasteiger partial charge in [-0.1, -0.05) is 0 Å². The summed E-state index contributed by atoms with van der Waals surface area (Å²) in [6.45, 7) is 0.724. The Morgan fingerprint density at radius 3 is 2.52 bits per heavy atom. The first-order valence-corrected chi connectivity index (χ1v) is 9.43. The number of sulfone groups is 1. The number of carbonyl (C=O) groups excluding carboxylic acids is 2. The average Bonchev–Trinajstić information content (AvgIpc) is 3.05. The second kappa shape index (κ2) is 6.19. The maximum atomic E-state index is 11.9. The molecule has 0 unspecified atom stereocenters. The Hall–Kier alpha value is -2.09. The highest BCUT2D eigenvalue weighted by atomic mass is 32.2. The third-order valence-electron chi connectivity index (χ3n) is 4.08. The molecule has 2 N–H and O–H groups in total. The Bertz CT molecular complexity index is 715. The van der Waals surface area contributed by atoms with Crippen LogP contribution in [-0.4, -0.2) is 44.4 Å². The van der Waals surface area contributed by atoms with Crippen LogP contribution in [0.2, 0.25) is 0 Å². The number of rotatable bonds is 3. The highest BCUT2D eigenvalue weighted by molar-refractivity contribution is 7.91. The van der Waals surface area contributed by atoms with Crippen molar-refractivity contribution in [2.45, 2.75) is 25.3 Å². The number of anilines is 2. The predicted octanol–water partition coefficient (Wildman–Crippen LogP) is 1.12. The summed E-state index contributed by atoms with van der Waals surface area (Å²) in [7, 11) is -3.01. The molecule has 0 aliphatic carbocycles. The molecule has 2 aliphatic rings. The van der Waals surface area contributed by atoms with Gasteiger partial charge in [-0.25, -0.2) is 13.2 Å². The van der Waals surface area contributed by atoms with E-state index in [9.17, 15) is 18.0 Å². The first kappa shape index (κ1) is 15.8. The Morgan fingerprint density at radius 2 is 1.96 bits per heavy atom. The number of nitrogens with zero attached hydrogens (tertiary/aromatic N) is 1. The number of hydrogen-bond donors (Lipinski definition) is 2. The highest BCUT2D eigenvalue weighted by Crippen LogP contribution is 2.23. The summed E-state index contributed by atoms with van der Waals surface area (Å²) in [5.41, 5.74) is 1.42. The summed E-state index contributed by atoms with van der Waals surface area (Å²) in [5, 5.41) is 5.34. The van der Waals surface area contributed by atoms with Gasteiger partial charge in [0, 0.05) is 30.4 Å². The smallest absolute Gasteiger partial charge is 0.319 e. The van der Waals surface area contributed by atoms with Crippen LogP contribution < -0.4 is 15.5 Å². The van der Waals surface area contributed by atoms with Gasteiger partial charge in [-0.3, -0.25) is 4.79 Å². The lowest BCUT2D eigenvalue weighted by atomic mass is 10.2. The molecule has 7 nitrogen and oxygen atoms in total. The van der Waals surface area contributed by atoms with Crippen LogP contribution in [0.1, 0.15) is 19.3 Å². The van der Waals surface area contributed by atoms with Crippen LogP contribution in [0.3, 0.4) is 0 Å². The third kappa shape index (κ3) is 3.82. The van der Waals surface area contributed by atoms with Gasteiger partial charge in [0.05, 0.1) is 11.5 Å². The number of carbonyl (C=O) groups is 2. The van der Waals surface area contributed by atoms with Crippen LogP contribution >= 0.6 is 0 Å². The number of hydrogen-bond acceptors (Lipinski definition) is 4. The molecule has 3 rings (SSSR count). The zero-order valence-corrected chi connectivity index (χ0v) is 13.4. The van der Waals surface area contributed by atoms with E-state index in [2.05, 4.69) is 10.6 Å². The molecule has 0 saturated carbocycles. The molecule has 2 saturated heterocycles. The van der Waals surface area contributed by atoms with Gasteiger partial charge in [0.2, 0.25) is 5.91 Å². The quantitative estimate of drug-likeness (QED) is 0.864. The second-order valence-corrected chi connectivity index (χ2v) is 8.12. The molecule has 1 aromatic rings. The molecular weight excluding hydrogens is 318 g/mol. The number of amides is 3. The van der Waals surface area contributed by atoms with Crippen molar-refractivity contribution in [3.63, 3.8) is 0 Å². The Labute approximate surface area is 135 Å². The van der Waals surface area contributed by atoms with Gasteiger partial charge in [0.25, 0.3) is 0 Å². The minimum absolute atomic E-state index is 0.00354. The zero-order valence-electron chi connectivity index (χ0n) is 12.6. The number of nitrogens with one attached hydrogen (secondary N) is 2. The maximum Gasteiger partial charge on any atom is 0.319 e. The fraction of sp³-hybridized carbons (Fsp3) is 0.467. The van der Waals surface area contributed by atoms with Gasteiger partial charge < -0.3 is 15.5 Å². The van der Waals surface area contributed by atoms with Crippen molar-refractivity contribution in [1.29, 1.82) is 0 Å². The molecule has 2 heterocycles. The molecule has 1 aromatic carbocycles. The van der Waals surface area contributed by atoms with Gasteiger partial charge in [0.15, 0.2) is 9.84 Å². The maximum absolute atomic E-state index is 11.9. The van der Waals surface area contributed by atoms with E-state index in [0.717, 1.165) is 18.7 Å². The molecule has 124 valence electrons. The van der Waals surface area contributed by atoms with E-state index in [1.54, 1.807) is 29.2 Å². The molecule has 0 aromatic heterocycles. The Kier molecular flexibility index (Phi) is 4.25. The first-order valence-electron chi connectivity index (χ1n) is 7.61. The lowest BCUT2D eigenvalue weighted by Crippen LogP contribution is -2.38. The van der Waals surface area contributed by atoms with Gasteiger partial charge in [-0.2, -0.15) is 0 Å². The number of benzene rings is 1. The van der Waals surface area contributed by atoms with Crippen molar-refractivity contribution < 1.29 is 18.0 Å². The fourth-order valence-electron chi connectivity index (χ4n) is 2.91. The molecule has 0 radical (unpaired) electrons. The Balaban J connectivity index is 1.56. The summed E-state index contributed by atoms with van der Waals surface area (Å²) in [5.74, 6) is 0.235. The zero-order chi connectivity index (χ0) is 16.4. The lowest BCUT2D eigenvalue weighted by Gasteiger charge is -2.16. The van der Waals surface area contributed by atoms with Gasteiger partial charge in [-0.15, -0.1) is 0 Å². The van der Waals surface area contributed by atoms with Crippen molar-refractivity contribution >= 4 is 33.2 Å². The SMILES string of the molecule is O=C(Nc1ccc(N2CCCC2=O)cc1)N[C@H]1CCS(=O)(=O)C1. The fourth-order valence-corrected chi connectivity index (χ4v) is 4.58. The van der Waals surface area contributed by atoms with E-state index in [1.165, 1.54) is 0 Å². The van der Waals surface area contributed by atoms with Gasteiger partial charge in [-0.05, 0) is 37.1 Å². The summed E-state index contributed by atoms with van der Waals surface area (Å²) < 4.78 is 22.7. The van der Waals surface area contributed by atoms with Crippen LogP contribution in [0.5, 0.6) is 0 Å². The number of urea groups is 1. The molecule has 2 fully saturated rings. The van der Waals surface area contributed by atoms with Crippen molar-refractivity contribution in [2.75, 3.05) is 28.3 Å². The molecule has 2 aliphatic heterocycles. The molecule has 0 spiro atoms. The van der Waals surface area contributed by atoms with Crippen LogP contribution in [0.25, 0.3) is 0 Å². The molecule has 0 bridgehead atoms. The Morgan fingerprint density at radius 1 is 1.22 bits per heavy atom. The summed E-state index contributed by atoms with van der Waals surface area (Å²) in [6.07, 6.45) is 1.89. The monoisotopic (exact) mass is 337 g/mol. The standard InChI is InChI=1S/C15H19N3O4S/c19-14-2-1-8-18(14)13-5-3-11(4-6-13)16-15(20)17-12-7-9-23(21,22)10-12/h3-6,12H,1-2,7-10H2,(H2,16,17,20)/t12-/m0/s1. The predicted molar refractivity (Wildman–Crippen MR) is 87.2 cm³/mol. The van der Waals surface area contributed by atoms with Crippen molar-refractivity contribution in [3.8, 4) is 0 Å². The van der Waals surface area contributed by atoms with Gasteiger partial charge >= 0.3 is 6.03 Å². The van der Waals surface area contributed by atoms with E-state index in [4.69, 9.17) is 0 Å². The van der Waals surface area contributed by atoms with E-state index in [-0.39, 0.29) is 23.5 Å². The van der Waals surface area contributed by atoms with E-state index < -0.39 is 15.9 Å². The van der Waals surface area contributed by atoms with Crippen molar-refractivity contribution in [2.24, 2.45) is 0 Å². The first-order chi connectivity index (χ1) is 10.9. The van der Waals surface area contributed by atoms with Gasteiger partial charge in [0.1, 0.15) is 0 Å².